The van der Waals surface area contributed by atoms with Crippen molar-refractivity contribution in [2.75, 3.05) is 6.26 Å². The zero-order chi connectivity index (χ0) is 13.0. The maximum Gasteiger partial charge on any atom is 0.267 e. The third kappa shape index (κ3) is 2.87. The van der Waals surface area contributed by atoms with Gasteiger partial charge in [0.15, 0.2) is 5.78 Å². The summed E-state index contributed by atoms with van der Waals surface area (Å²) in [5.41, 5.74) is 0.317. The molecule has 0 unspecified atom stereocenters. The molecule has 0 fully saturated rings. The smallest absolute Gasteiger partial charge is 0.267 e. The normalized spacial score (nSPS) is 10.3. The van der Waals surface area contributed by atoms with Crippen molar-refractivity contribution in [2.45, 2.75) is 11.4 Å². The summed E-state index contributed by atoms with van der Waals surface area (Å²) in [6.45, 7) is -0.0295. The number of thioether (sulfide) groups is 1. The highest BCUT2D eigenvalue weighted by molar-refractivity contribution is 7.98. The highest BCUT2D eigenvalue weighted by Gasteiger charge is 2.08. The summed E-state index contributed by atoms with van der Waals surface area (Å²) in [7, 11) is 0. The Balaban J connectivity index is 2.17. The average molecular weight is 260 g/mol. The molecule has 1 aromatic heterocycles. The maximum absolute atomic E-state index is 12.0. The van der Waals surface area contributed by atoms with Crippen LogP contribution in [0.5, 0.6) is 0 Å². The first-order chi connectivity index (χ1) is 8.70. The van der Waals surface area contributed by atoms with E-state index in [0.717, 1.165) is 9.58 Å². The number of rotatable bonds is 4. The molecule has 0 bridgehead atoms. The van der Waals surface area contributed by atoms with E-state index in [1.54, 1.807) is 30.0 Å². The minimum absolute atomic E-state index is 0.0295. The molecule has 0 aliphatic rings. The summed E-state index contributed by atoms with van der Waals surface area (Å²) in [6, 6.07) is 10.2. The van der Waals surface area contributed by atoms with Crippen LogP contribution in [0, 0.1) is 0 Å². The first-order valence-corrected chi connectivity index (χ1v) is 6.62. The number of Topliss-reactive ketones (excluding diaryl/α,β-unsaturated/α-hetero) is 1. The van der Waals surface area contributed by atoms with Gasteiger partial charge in [-0.05, 0) is 24.5 Å². The van der Waals surface area contributed by atoms with Crippen molar-refractivity contribution < 1.29 is 4.79 Å². The number of hydrogen-bond donors (Lipinski definition) is 0. The number of carbonyl (C=O) groups excluding carboxylic acids is 1. The predicted octanol–water partition coefficient (Wildman–Crippen LogP) is 1.85. The highest BCUT2D eigenvalue weighted by Crippen LogP contribution is 2.15. The van der Waals surface area contributed by atoms with Crippen LogP contribution in [0.2, 0.25) is 0 Å². The molecule has 0 N–H and O–H groups in total. The Morgan fingerprint density at radius 2 is 2.00 bits per heavy atom. The van der Waals surface area contributed by atoms with Gasteiger partial charge < -0.3 is 0 Å². The summed E-state index contributed by atoms with van der Waals surface area (Å²) < 4.78 is 1.16. The van der Waals surface area contributed by atoms with E-state index in [1.165, 1.54) is 12.3 Å². The van der Waals surface area contributed by atoms with Gasteiger partial charge in [-0.3, -0.25) is 9.59 Å². The van der Waals surface area contributed by atoms with Crippen molar-refractivity contribution in [2.24, 2.45) is 0 Å². The molecule has 0 radical (unpaired) electrons. The topological polar surface area (TPSA) is 52.0 Å². The van der Waals surface area contributed by atoms with Crippen molar-refractivity contribution in [1.29, 1.82) is 0 Å². The molecule has 1 aromatic carbocycles. The lowest BCUT2D eigenvalue weighted by Gasteiger charge is -2.03. The summed E-state index contributed by atoms with van der Waals surface area (Å²) in [6.07, 6.45) is 3.47. The fourth-order valence-electron chi connectivity index (χ4n) is 1.51. The largest absolute Gasteiger partial charge is 0.292 e. The lowest BCUT2D eigenvalue weighted by Crippen LogP contribution is -2.25. The predicted molar refractivity (Wildman–Crippen MR) is 71.1 cm³/mol. The van der Waals surface area contributed by atoms with Gasteiger partial charge in [-0.15, -0.1) is 11.8 Å². The molecule has 4 nitrogen and oxygen atoms in total. The van der Waals surface area contributed by atoms with E-state index < -0.39 is 0 Å². The van der Waals surface area contributed by atoms with Gasteiger partial charge in [0.1, 0.15) is 6.54 Å². The van der Waals surface area contributed by atoms with E-state index in [9.17, 15) is 9.59 Å². The van der Waals surface area contributed by atoms with Gasteiger partial charge in [-0.2, -0.15) is 5.10 Å². The van der Waals surface area contributed by atoms with Crippen LogP contribution in [0.1, 0.15) is 10.4 Å². The zero-order valence-electron chi connectivity index (χ0n) is 9.87. The molecule has 1 heterocycles. The molecule has 0 amide bonds. The van der Waals surface area contributed by atoms with E-state index in [2.05, 4.69) is 5.10 Å². The van der Waals surface area contributed by atoms with Gasteiger partial charge >= 0.3 is 0 Å². The van der Waals surface area contributed by atoms with Crippen molar-refractivity contribution in [1.82, 2.24) is 9.78 Å². The Labute approximate surface area is 109 Å². The molecule has 0 atom stereocenters. The van der Waals surface area contributed by atoms with E-state index in [1.807, 2.05) is 18.4 Å². The van der Waals surface area contributed by atoms with Crippen molar-refractivity contribution >= 4 is 17.5 Å². The van der Waals surface area contributed by atoms with Crippen LogP contribution in [-0.2, 0) is 6.54 Å². The molecular formula is C13H12N2O2S. The molecule has 0 aliphatic heterocycles. The van der Waals surface area contributed by atoms with Gasteiger partial charge in [-0.1, -0.05) is 12.1 Å². The Morgan fingerprint density at radius 3 is 2.61 bits per heavy atom. The molecule has 5 heteroatoms. The number of benzene rings is 1. The van der Waals surface area contributed by atoms with Gasteiger partial charge in [0, 0.05) is 22.7 Å². The first-order valence-electron chi connectivity index (χ1n) is 5.40. The summed E-state index contributed by atoms with van der Waals surface area (Å²) in [5.74, 6) is -0.122. The fourth-order valence-corrected chi connectivity index (χ4v) is 1.92. The lowest BCUT2D eigenvalue weighted by molar-refractivity contribution is 0.0965. The maximum atomic E-state index is 12.0. The second-order valence-corrected chi connectivity index (χ2v) is 4.55. The van der Waals surface area contributed by atoms with E-state index in [4.69, 9.17) is 0 Å². The third-order valence-electron chi connectivity index (χ3n) is 2.49. The Bertz CT molecular complexity index is 605. The van der Waals surface area contributed by atoms with E-state index in [0.29, 0.717) is 5.56 Å². The average Bonchev–Trinajstić information content (AvgIpc) is 2.41. The lowest BCUT2D eigenvalue weighted by atomic mass is 10.1. The minimum Gasteiger partial charge on any atom is -0.292 e. The van der Waals surface area contributed by atoms with Crippen LogP contribution < -0.4 is 5.56 Å². The van der Waals surface area contributed by atoms with Crippen molar-refractivity contribution in [3.05, 3.63) is 58.5 Å². The number of hydrogen-bond acceptors (Lipinski definition) is 4. The Hall–Kier alpha value is -1.88. The molecule has 0 saturated carbocycles. The Kier molecular flexibility index (Phi) is 3.94. The molecule has 0 saturated heterocycles. The highest BCUT2D eigenvalue weighted by atomic mass is 32.2. The van der Waals surface area contributed by atoms with Gasteiger partial charge in [0.05, 0.1) is 0 Å². The second-order valence-electron chi connectivity index (χ2n) is 3.67. The fraction of sp³-hybridized carbons (Fsp3) is 0.154. The monoisotopic (exact) mass is 260 g/mol. The van der Waals surface area contributed by atoms with Crippen LogP contribution in [-0.4, -0.2) is 21.8 Å². The summed E-state index contributed by atoms with van der Waals surface area (Å²) in [5, 5.41) is 3.86. The summed E-state index contributed by atoms with van der Waals surface area (Å²) in [4.78, 5) is 24.5. The van der Waals surface area contributed by atoms with Crippen LogP contribution in [0.3, 0.4) is 0 Å². The zero-order valence-corrected chi connectivity index (χ0v) is 10.7. The van der Waals surface area contributed by atoms with Crippen LogP contribution in [0.4, 0.5) is 0 Å². The van der Waals surface area contributed by atoms with Crippen LogP contribution >= 0.6 is 11.8 Å². The van der Waals surface area contributed by atoms with Crippen molar-refractivity contribution in [3.63, 3.8) is 0 Å². The molecule has 2 rings (SSSR count). The Morgan fingerprint density at radius 1 is 1.28 bits per heavy atom. The molecule has 2 aromatic rings. The number of carbonyl (C=O) groups is 1. The third-order valence-corrected chi connectivity index (χ3v) is 3.23. The quantitative estimate of drug-likeness (QED) is 0.622. The molecular weight excluding hydrogens is 248 g/mol. The standard InChI is InChI=1S/C13H12N2O2S/c1-18-11-6-4-10(5-7-11)12(16)9-15-13(17)3-2-8-14-15/h2-8H,9H2,1H3. The minimum atomic E-state index is -0.272. The van der Waals surface area contributed by atoms with Gasteiger partial charge in [0.2, 0.25) is 0 Å². The van der Waals surface area contributed by atoms with Gasteiger partial charge in [0.25, 0.3) is 5.56 Å². The second kappa shape index (κ2) is 5.64. The molecule has 0 spiro atoms. The summed E-state index contributed by atoms with van der Waals surface area (Å²) >= 11 is 1.62. The first kappa shape index (κ1) is 12.6. The number of aromatic nitrogens is 2. The van der Waals surface area contributed by atoms with E-state index >= 15 is 0 Å². The molecule has 0 aliphatic carbocycles. The SMILES string of the molecule is CSc1ccc(C(=O)Cn2ncccc2=O)cc1. The van der Waals surface area contributed by atoms with Crippen LogP contribution in [0.15, 0.2) is 52.3 Å². The number of nitrogens with zero attached hydrogens (tertiary/aromatic N) is 2. The molecule has 18 heavy (non-hydrogen) atoms. The van der Waals surface area contributed by atoms with Gasteiger partial charge in [-0.25, -0.2) is 4.68 Å². The number of ketones is 1. The van der Waals surface area contributed by atoms with Crippen LogP contribution in [0.25, 0.3) is 0 Å². The molecule has 92 valence electrons. The van der Waals surface area contributed by atoms with Crippen molar-refractivity contribution in [3.8, 4) is 0 Å². The van der Waals surface area contributed by atoms with E-state index in [-0.39, 0.29) is 17.9 Å².